The van der Waals surface area contributed by atoms with Gasteiger partial charge in [0.05, 0.1) is 17.4 Å². The van der Waals surface area contributed by atoms with Crippen LogP contribution in [0, 0.1) is 5.82 Å². The lowest BCUT2D eigenvalue weighted by Gasteiger charge is -2.18. The number of nitrogens with two attached hydrogens (primary N) is 1. The molecule has 0 aliphatic heterocycles. The number of fused-ring (bicyclic) bond motifs is 1. The van der Waals surface area contributed by atoms with Crippen molar-refractivity contribution >= 4 is 22.3 Å². The van der Waals surface area contributed by atoms with E-state index >= 15 is 0 Å². The number of anilines is 2. The van der Waals surface area contributed by atoms with Crippen molar-refractivity contribution in [2.24, 2.45) is 0 Å². The van der Waals surface area contributed by atoms with E-state index in [-0.39, 0.29) is 5.75 Å². The van der Waals surface area contributed by atoms with E-state index in [1.807, 2.05) is 31.1 Å². The number of aromatic amines is 1. The highest BCUT2D eigenvalue weighted by molar-refractivity contribution is 5.85. The van der Waals surface area contributed by atoms with Gasteiger partial charge in [-0.25, -0.2) is 4.39 Å². The summed E-state index contributed by atoms with van der Waals surface area (Å²) in [6.07, 6.45) is 1.70. The number of nitrogens with zero attached hydrogens (tertiary/aromatic N) is 2. The van der Waals surface area contributed by atoms with Gasteiger partial charge >= 0.3 is 0 Å². The van der Waals surface area contributed by atoms with E-state index in [2.05, 4.69) is 10.2 Å². The van der Waals surface area contributed by atoms with E-state index in [1.165, 1.54) is 12.1 Å². The Labute approximate surface area is 121 Å². The molecule has 1 aromatic heterocycles. The van der Waals surface area contributed by atoms with E-state index < -0.39 is 5.82 Å². The summed E-state index contributed by atoms with van der Waals surface area (Å²) in [4.78, 5) is 1.89. The third-order valence-corrected chi connectivity index (χ3v) is 3.18. The van der Waals surface area contributed by atoms with E-state index in [0.717, 1.165) is 16.6 Å². The first kappa shape index (κ1) is 13.2. The topological polar surface area (TPSA) is 67.2 Å². The molecule has 108 valence electrons. The standard InChI is InChI=1S/C15H15FN4O/c1-20(2)13-7-12-9(8-18-19-12)5-15(13)21-14-4-3-10(17)6-11(14)16/h3-8H,17H2,1-2H3,(H,18,19). The molecule has 0 saturated heterocycles. The molecule has 0 bridgehead atoms. The van der Waals surface area contributed by atoms with Crippen LogP contribution in [0.4, 0.5) is 15.8 Å². The maximum Gasteiger partial charge on any atom is 0.167 e. The Kier molecular flexibility index (Phi) is 3.13. The SMILES string of the molecule is CN(C)c1cc2[nH]ncc2cc1Oc1ccc(N)cc1F. The average Bonchev–Trinajstić information content (AvgIpc) is 2.88. The Hall–Kier alpha value is -2.76. The average molecular weight is 286 g/mol. The van der Waals surface area contributed by atoms with Crippen LogP contribution in [0.2, 0.25) is 0 Å². The summed E-state index contributed by atoms with van der Waals surface area (Å²) in [5.74, 6) is 0.194. The molecule has 0 fully saturated rings. The number of halogens is 1. The maximum absolute atomic E-state index is 13.9. The summed E-state index contributed by atoms with van der Waals surface area (Å²) in [6.45, 7) is 0. The third kappa shape index (κ3) is 2.47. The van der Waals surface area contributed by atoms with Gasteiger partial charge < -0.3 is 15.4 Å². The molecule has 3 rings (SSSR count). The number of ether oxygens (including phenoxy) is 1. The highest BCUT2D eigenvalue weighted by atomic mass is 19.1. The van der Waals surface area contributed by atoms with E-state index in [9.17, 15) is 4.39 Å². The van der Waals surface area contributed by atoms with Crippen LogP contribution in [0.1, 0.15) is 0 Å². The second kappa shape index (κ2) is 4.97. The lowest BCUT2D eigenvalue weighted by molar-refractivity contribution is 0.443. The lowest BCUT2D eigenvalue weighted by atomic mass is 10.2. The van der Waals surface area contributed by atoms with E-state index in [1.54, 1.807) is 12.3 Å². The highest BCUT2D eigenvalue weighted by Gasteiger charge is 2.13. The van der Waals surface area contributed by atoms with Gasteiger partial charge in [0.1, 0.15) is 0 Å². The second-order valence-corrected chi connectivity index (χ2v) is 4.96. The van der Waals surface area contributed by atoms with E-state index in [0.29, 0.717) is 11.4 Å². The molecule has 0 atom stereocenters. The Bertz CT molecular complexity index is 797. The summed E-state index contributed by atoms with van der Waals surface area (Å²) < 4.78 is 19.6. The van der Waals surface area contributed by atoms with Gasteiger partial charge in [0.25, 0.3) is 0 Å². The van der Waals surface area contributed by atoms with Crippen LogP contribution in [0.3, 0.4) is 0 Å². The van der Waals surface area contributed by atoms with Gasteiger partial charge in [-0.2, -0.15) is 5.10 Å². The monoisotopic (exact) mass is 286 g/mol. The first-order valence-corrected chi connectivity index (χ1v) is 6.42. The highest BCUT2D eigenvalue weighted by Crippen LogP contribution is 2.35. The minimum Gasteiger partial charge on any atom is -0.452 e. The normalized spacial score (nSPS) is 10.8. The quantitative estimate of drug-likeness (QED) is 0.726. The number of nitrogens with one attached hydrogen (secondary N) is 1. The van der Waals surface area contributed by atoms with Crippen LogP contribution in [-0.2, 0) is 0 Å². The number of rotatable bonds is 3. The van der Waals surface area contributed by atoms with Crippen molar-refractivity contribution in [3.05, 3.63) is 42.3 Å². The number of hydrogen-bond acceptors (Lipinski definition) is 4. The van der Waals surface area contributed by atoms with Crippen LogP contribution < -0.4 is 15.4 Å². The van der Waals surface area contributed by atoms with Crippen LogP contribution in [0.5, 0.6) is 11.5 Å². The molecule has 1 heterocycles. The van der Waals surface area contributed by atoms with Crippen LogP contribution in [-0.4, -0.2) is 24.3 Å². The van der Waals surface area contributed by atoms with Crippen molar-refractivity contribution in [1.82, 2.24) is 10.2 Å². The molecule has 21 heavy (non-hydrogen) atoms. The molecule has 0 spiro atoms. The summed E-state index contributed by atoms with van der Waals surface area (Å²) in [7, 11) is 3.79. The molecular weight excluding hydrogens is 271 g/mol. The minimum absolute atomic E-state index is 0.134. The zero-order chi connectivity index (χ0) is 15.0. The molecule has 0 aliphatic rings. The number of aromatic nitrogens is 2. The van der Waals surface area contributed by atoms with E-state index in [4.69, 9.17) is 10.5 Å². The molecule has 0 saturated carbocycles. The second-order valence-electron chi connectivity index (χ2n) is 4.96. The Morgan fingerprint density at radius 2 is 2.00 bits per heavy atom. The molecule has 5 nitrogen and oxygen atoms in total. The third-order valence-electron chi connectivity index (χ3n) is 3.18. The molecule has 3 N–H and O–H groups in total. The number of nitrogen functional groups attached to an aromatic ring is 1. The Morgan fingerprint density at radius 1 is 1.19 bits per heavy atom. The fraction of sp³-hybridized carbons (Fsp3) is 0.133. The smallest absolute Gasteiger partial charge is 0.167 e. The maximum atomic E-state index is 13.9. The summed E-state index contributed by atoms with van der Waals surface area (Å²) >= 11 is 0. The lowest BCUT2D eigenvalue weighted by Crippen LogP contribution is -2.10. The predicted molar refractivity (Wildman–Crippen MR) is 81.3 cm³/mol. The molecule has 0 amide bonds. The predicted octanol–water partition coefficient (Wildman–Crippen LogP) is 3.14. The van der Waals surface area contributed by atoms with Gasteiger partial charge in [-0.1, -0.05) is 0 Å². The number of benzene rings is 2. The summed E-state index contributed by atoms with van der Waals surface area (Å²) in [5, 5.41) is 7.79. The first-order valence-electron chi connectivity index (χ1n) is 6.42. The van der Waals surface area contributed by atoms with Gasteiger partial charge in [-0.15, -0.1) is 0 Å². The van der Waals surface area contributed by atoms with Crippen molar-refractivity contribution in [2.75, 3.05) is 24.7 Å². The molecule has 2 aromatic carbocycles. The van der Waals surface area contributed by atoms with Crippen LogP contribution in [0.15, 0.2) is 36.5 Å². The van der Waals surface area contributed by atoms with Crippen molar-refractivity contribution in [3.63, 3.8) is 0 Å². The van der Waals surface area contributed by atoms with Crippen molar-refractivity contribution in [3.8, 4) is 11.5 Å². The zero-order valence-electron chi connectivity index (χ0n) is 11.7. The minimum atomic E-state index is -0.494. The summed E-state index contributed by atoms with van der Waals surface area (Å²) in [5.41, 5.74) is 7.62. The van der Waals surface area contributed by atoms with Gasteiger partial charge in [0, 0.05) is 31.2 Å². The fourth-order valence-corrected chi connectivity index (χ4v) is 2.11. The number of hydrogen-bond donors (Lipinski definition) is 2. The largest absolute Gasteiger partial charge is 0.452 e. The molecule has 0 radical (unpaired) electrons. The Morgan fingerprint density at radius 3 is 2.71 bits per heavy atom. The van der Waals surface area contributed by atoms with Gasteiger partial charge in [0.2, 0.25) is 0 Å². The summed E-state index contributed by atoms with van der Waals surface area (Å²) in [6, 6.07) is 8.09. The van der Waals surface area contributed by atoms with Gasteiger partial charge in [-0.05, 0) is 24.3 Å². The molecule has 0 unspecified atom stereocenters. The number of H-pyrrole nitrogens is 1. The fourth-order valence-electron chi connectivity index (χ4n) is 2.11. The molecule has 6 heteroatoms. The van der Waals surface area contributed by atoms with Gasteiger partial charge in [0.15, 0.2) is 17.3 Å². The van der Waals surface area contributed by atoms with Crippen LogP contribution in [0.25, 0.3) is 10.9 Å². The van der Waals surface area contributed by atoms with Crippen molar-refractivity contribution in [2.45, 2.75) is 0 Å². The van der Waals surface area contributed by atoms with Gasteiger partial charge in [-0.3, -0.25) is 5.10 Å². The molecular formula is C15H15FN4O. The molecule has 3 aromatic rings. The van der Waals surface area contributed by atoms with Crippen molar-refractivity contribution in [1.29, 1.82) is 0 Å². The van der Waals surface area contributed by atoms with Crippen molar-refractivity contribution < 1.29 is 9.13 Å². The first-order chi connectivity index (χ1) is 10.0. The molecule has 0 aliphatic carbocycles. The Balaban J connectivity index is 2.07. The van der Waals surface area contributed by atoms with Crippen LogP contribution >= 0.6 is 0 Å². The zero-order valence-corrected chi connectivity index (χ0v) is 11.7.